The molecular weight excluding hydrogens is 487 g/mol. The third-order valence-corrected chi connectivity index (χ3v) is 6.94. The predicted octanol–water partition coefficient (Wildman–Crippen LogP) is 2.57. The highest BCUT2D eigenvalue weighted by Crippen LogP contribution is 2.40. The number of hydrogen-bond donors (Lipinski definition) is 2. The van der Waals surface area contributed by atoms with E-state index in [1.54, 1.807) is 4.57 Å². The van der Waals surface area contributed by atoms with Gasteiger partial charge in [0.25, 0.3) is 5.91 Å². The first-order valence-electron chi connectivity index (χ1n) is 10.5. The maximum atomic E-state index is 13.8. The van der Waals surface area contributed by atoms with Gasteiger partial charge in [-0.15, -0.1) is 0 Å². The van der Waals surface area contributed by atoms with Crippen LogP contribution in [0.2, 0.25) is 0 Å². The van der Waals surface area contributed by atoms with E-state index in [0.717, 1.165) is 12.5 Å². The maximum absolute atomic E-state index is 13.8. The Morgan fingerprint density at radius 3 is 2.51 bits per heavy atom. The Hall–Kier alpha value is -3.32. The number of aliphatic hydroxyl groups is 1. The number of carbonyl (C=O) groups excluding carboxylic acids is 1. The fraction of sp³-hybridized carbons (Fsp3) is 0.364. The van der Waals surface area contributed by atoms with E-state index in [0.29, 0.717) is 35.4 Å². The lowest BCUT2D eigenvalue weighted by molar-refractivity contribution is -0.141. The summed E-state index contributed by atoms with van der Waals surface area (Å²) < 4.78 is 67.9. The third-order valence-electron chi connectivity index (χ3n) is 5.76. The second kappa shape index (κ2) is 8.41. The standard InChI is InChI=1S/C22H22F3N5O4S/c1-10(2)17-18-16(21-28-8-13(20(26)32)19(29-21)22(23,24)25)12-6-11(9-31)15(35(3,33)34)7-14(12)30(18)5-4-27-17/h6-8,10,31H,4-5,9H2,1-3H3,(H2,26,32). The van der Waals surface area contributed by atoms with E-state index < -0.39 is 39.8 Å². The number of rotatable bonds is 5. The molecule has 1 aromatic carbocycles. The fourth-order valence-electron chi connectivity index (χ4n) is 4.31. The van der Waals surface area contributed by atoms with Crippen molar-refractivity contribution in [3.8, 4) is 11.4 Å². The number of benzene rings is 1. The second-order valence-corrected chi connectivity index (χ2v) is 10.5. The minimum atomic E-state index is -4.98. The largest absolute Gasteiger partial charge is 0.434 e. The quantitative estimate of drug-likeness (QED) is 0.542. The SMILES string of the molecule is CC(C)C1=NCCn2c1c(-c1ncc(C(N)=O)c(C(F)(F)F)n1)c1cc(CO)c(S(C)(=O)=O)cc12. The van der Waals surface area contributed by atoms with E-state index in [-0.39, 0.29) is 27.8 Å². The van der Waals surface area contributed by atoms with Crippen molar-refractivity contribution in [1.82, 2.24) is 14.5 Å². The zero-order chi connectivity index (χ0) is 25.9. The third kappa shape index (κ3) is 4.18. The zero-order valence-electron chi connectivity index (χ0n) is 19.0. The average molecular weight is 510 g/mol. The van der Waals surface area contributed by atoms with Gasteiger partial charge in [-0.2, -0.15) is 13.2 Å². The van der Waals surface area contributed by atoms with Crippen LogP contribution in [0.1, 0.15) is 41.2 Å². The first-order chi connectivity index (χ1) is 16.3. The van der Waals surface area contributed by atoms with Crippen LogP contribution in [0.15, 0.2) is 28.2 Å². The van der Waals surface area contributed by atoms with E-state index in [1.807, 2.05) is 13.8 Å². The number of sulfone groups is 1. The monoisotopic (exact) mass is 509 g/mol. The number of carbonyl (C=O) groups is 1. The van der Waals surface area contributed by atoms with Gasteiger partial charge in [-0.1, -0.05) is 13.8 Å². The molecule has 1 amide bonds. The van der Waals surface area contributed by atoms with Gasteiger partial charge in [-0.25, -0.2) is 18.4 Å². The number of nitrogens with zero attached hydrogens (tertiary/aromatic N) is 4. The Labute approximate surface area is 198 Å². The fourth-order valence-corrected chi connectivity index (χ4v) is 5.24. The first kappa shape index (κ1) is 24.8. The maximum Gasteiger partial charge on any atom is 0.434 e. The number of alkyl halides is 3. The molecule has 1 aliphatic rings. The molecule has 4 rings (SSSR count). The number of hydrogen-bond acceptors (Lipinski definition) is 7. The van der Waals surface area contributed by atoms with Gasteiger partial charge in [0, 0.05) is 24.4 Å². The van der Waals surface area contributed by atoms with Crippen LogP contribution in [-0.2, 0) is 29.2 Å². The molecule has 0 atom stereocenters. The van der Waals surface area contributed by atoms with Gasteiger partial charge in [0.15, 0.2) is 21.4 Å². The Balaban J connectivity index is 2.17. The number of fused-ring (bicyclic) bond motifs is 3. The van der Waals surface area contributed by atoms with Gasteiger partial charge >= 0.3 is 6.18 Å². The summed E-state index contributed by atoms with van der Waals surface area (Å²) >= 11 is 0. The van der Waals surface area contributed by atoms with Crippen molar-refractivity contribution in [3.63, 3.8) is 0 Å². The molecule has 35 heavy (non-hydrogen) atoms. The summed E-state index contributed by atoms with van der Waals surface area (Å²) in [6, 6.07) is 2.82. The zero-order valence-corrected chi connectivity index (χ0v) is 19.8. The molecule has 2 aromatic heterocycles. The molecule has 1 aliphatic heterocycles. The summed E-state index contributed by atoms with van der Waals surface area (Å²) in [5.74, 6) is -1.78. The van der Waals surface area contributed by atoms with Crippen molar-refractivity contribution in [2.24, 2.45) is 16.6 Å². The molecule has 9 nitrogen and oxygen atoms in total. The number of aromatic nitrogens is 3. The lowest BCUT2D eigenvalue weighted by Gasteiger charge is -2.21. The number of aliphatic imine (C=N–C) groups is 1. The normalized spacial score (nSPS) is 14.3. The minimum absolute atomic E-state index is 0.0806. The Morgan fingerprint density at radius 2 is 1.97 bits per heavy atom. The van der Waals surface area contributed by atoms with Gasteiger partial charge in [0.1, 0.15) is 0 Å². The van der Waals surface area contributed by atoms with Gasteiger partial charge < -0.3 is 15.4 Å². The van der Waals surface area contributed by atoms with Crippen LogP contribution < -0.4 is 5.73 Å². The molecule has 3 aromatic rings. The molecule has 0 fully saturated rings. The molecule has 0 radical (unpaired) electrons. The molecule has 0 aliphatic carbocycles. The molecule has 186 valence electrons. The highest BCUT2D eigenvalue weighted by atomic mass is 32.2. The lowest BCUT2D eigenvalue weighted by atomic mass is 9.98. The average Bonchev–Trinajstić information content (AvgIpc) is 3.09. The van der Waals surface area contributed by atoms with Crippen LogP contribution in [-0.4, -0.2) is 52.5 Å². The summed E-state index contributed by atoms with van der Waals surface area (Å²) in [4.78, 5) is 23.8. The molecule has 13 heteroatoms. The van der Waals surface area contributed by atoms with Crippen LogP contribution in [0.25, 0.3) is 22.3 Å². The summed E-state index contributed by atoms with van der Waals surface area (Å²) in [6.07, 6.45) is -3.24. The predicted molar refractivity (Wildman–Crippen MR) is 122 cm³/mol. The molecule has 0 saturated carbocycles. The van der Waals surface area contributed by atoms with Crippen LogP contribution in [0.4, 0.5) is 13.2 Å². The van der Waals surface area contributed by atoms with Crippen molar-refractivity contribution >= 4 is 32.4 Å². The van der Waals surface area contributed by atoms with Crippen molar-refractivity contribution in [2.75, 3.05) is 12.8 Å². The molecule has 3 N–H and O–H groups in total. The van der Waals surface area contributed by atoms with Gasteiger partial charge in [-0.3, -0.25) is 9.79 Å². The second-order valence-electron chi connectivity index (χ2n) is 8.52. The highest BCUT2D eigenvalue weighted by molar-refractivity contribution is 7.90. The highest BCUT2D eigenvalue weighted by Gasteiger charge is 2.39. The molecular formula is C22H22F3N5O4S. The lowest BCUT2D eigenvalue weighted by Crippen LogP contribution is -2.24. The summed E-state index contributed by atoms with van der Waals surface area (Å²) in [7, 11) is -3.72. The molecule has 0 bridgehead atoms. The smallest absolute Gasteiger partial charge is 0.392 e. The van der Waals surface area contributed by atoms with Crippen LogP contribution in [0.3, 0.4) is 0 Å². The van der Waals surface area contributed by atoms with E-state index in [4.69, 9.17) is 5.73 Å². The van der Waals surface area contributed by atoms with Crippen molar-refractivity contribution < 1.29 is 31.5 Å². The van der Waals surface area contributed by atoms with Gasteiger partial charge in [0.05, 0.1) is 46.1 Å². The molecule has 0 spiro atoms. The number of nitrogens with two attached hydrogens (primary N) is 1. The molecule has 3 heterocycles. The van der Waals surface area contributed by atoms with E-state index in [9.17, 15) is 31.5 Å². The number of aliphatic hydroxyl groups excluding tert-OH is 1. The van der Waals surface area contributed by atoms with Crippen LogP contribution in [0, 0.1) is 5.92 Å². The summed E-state index contributed by atoms with van der Waals surface area (Å²) in [6.45, 7) is 3.85. The summed E-state index contributed by atoms with van der Waals surface area (Å²) in [5, 5.41) is 10.2. The Morgan fingerprint density at radius 1 is 1.29 bits per heavy atom. The van der Waals surface area contributed by atoms with Crippen molar-refractivity contribution in [3.05, 3.63) is 40.8 Å². The van der Waals surface area contributed by atoms with Gasteiger partial charge in [-0.05, 0) is 23.6 Å². The number of primary amides is 1. The topological polar surface area (TPSA) is 141 Å². The number of halogens is 3. The first-order valence-corrected chi connectivity index (χ1v) is 12.4. The van der Waals surface area contributed by atoms with Crippen LogP contribution in [0.5, 0.6) is 0 Å². The Bertz CT molecular complexity index is 1510. The number of amides is 1. The molecule has 0 unspecified atom stereocenters. The van der Waals surface area contributed by atoms with E-state index >= 15 is 0 Å². The van der Waals surface area contributed by atoms with E-state index in [1.165, 1.54) is 12.1 Å². The van der Waals surface area contributed by atoms with Crippen molar-refractivity contribution in [1.29, 1.82) is 0 Å². The van der Waals surface area contributed by atoms with E-state index in [2.05, 4.69) is 15.0 Å². The van der Waals surface area contributed by atoms with Crippen LogP contribution >= 0.6 is 0 Å². The minimum Gasteiger partial charge on any atom is -0.392 e. The molecule has 0 saturated heterocycles. The summed E-state index contributed by atoms with van der Waals surface area (Å²) in [5.41, 5.74) is 4.52. The Kier molecular flexibility index (Phi) is 5.96. The van der Waals surface area contributed by atoms with Crippen molar-refractivity contribution in [2.45, 2.75) is 38.1 Å². The van der Waals surface area contributed by atoms with Gasteiger partial charge in [0.2, 0.25) is 0 Å².